The molecule has 0 radical (unpaired) electrons. The van der Waals surface area contributed by atoms with Gasteiger partial charge in [-0.25, -0.2) is 9.78 Å². The summed E-state index contributed by atoms with van der Waals surface area (Å²) in [6.07, 6.45) is 1.22. The first kappa shape index (κ1) is 36.6. The van der Waals surface area contributed by atoms with Crippen LogP contribution in [0.3, 0.4) is 0 Å². The summed E-state index contributed by atoms with van der Waals surface area (Å²) in [6.45, 7) is 5.71. The standard InChI is InChI=1S/C37H45N5O7/c1-4-48-34(44)20-33(43)30(17-24(2)3)40-36(46)32(19-28-21-38-23-39-28)41-35(45)31(42-37(47)49-22-25-11-6-5-7-12-25)18-27-15-10-14-26-13-8-9-16-29(26)27/h5-16,21,23-24,30-33,43H,4,17-20,22H2,1-3H3,(H,38,39)(H,40,46)(H,41,45)(H,42,47)/t30?,31-,32-,33?/m0/s1. The van der Waals surface area contributed by atoms with Gasteiger partial charge in [0.15, 0.2) is 0 Å². The first-order valence-corrected chi connectivity index (χ1v) is 16.5. The van der Waals surface area contributed by atoms with Crippen LogP contribution in [0.1, 0.15) is 50.4 Å². The van der Waals surface area contributed by atoms with Crippen molar-refractivity contribution < 1.29 is 33.8 Å². The number of esters is 1. The van der Waals surface area contributed by atoms with E-state index in [1.807, 2.05) is 86.6 Å². The van der Waals surface area contributed by atoms with Crippen LogP contribution in [0.25, 0.3) is 10.8 Å². The molecule has 0 fully saturated rings. The first-order chi connectivity index (χ1) is 23.6. The molecule has 260 valence electrons. The highest BCUT2D eigenvalue weighted by Gasteiger charge is 2.32. The molecular formula is C37H45N5O7. The van der Waals surface area contributed by atoms with Crippen molar-refractivity contribution in [2.75, 3.05) is 6.61 Å². The highest BCUT2D eigenvalue weighted by atomic mass is 16.5. The van der Waals surface area contributed by atoms with Crippen molar-refractivity contribution in [3.8, 4) is 0 Å². The summed E-state index contributed by atoms with van der Waals surface area (Å²) in [5.74, 6) is -1.70. The van der Waals surface area contributed by atoms with E-state index in [0.29, 0.717) is 12.1 Å². The van der Waals surface area contributed by atoms with Gasteiger partial charge in [-0.05, 0) is 41.2 Å². The molecule has 49 heavy (non-hydrogen) atoms. The van der Waals surface area contributed by atoms with Gasteiger partial charge in [-0.2, -0.15) is 0 Å². The van der Waals surface area contributed by atoms with E-state index in [-0.39, 0.29) is 38.4 Å². The highest BCUT2D eigenvalue weighted by molar-refractivity contribution is 5.93. The maximum Gasteiger partial charge on any atom is 0.408 e. The number of aromatic nitrogens is 2. The minimum absolute atomic E-state index is 0.00546. The zero-order valence-corrected chi connectivity index (χ0v) is 28.1. The second kappa shape index (κ2) is 18.3. The number of hydrogen-bond donors (Lipinski definition) is 5. The third kappa shape index (κ3) is 11.5. The number of alkyl carbamates (subject to hydrolysis) is 1. The van der Waals surface area contributed by atoms with Crippen LogP contribution in [0.15, 0.2) is 85.3 Å². The van der Waals surface area contributed by atoms with Crippen molar-refractivity contribution in [3.63, 3.8) is 0 Å². The average molecular weight is 672 g/mol. The Labute approximate surface area is 286 Å². The Hall–Kier alpha value is -5.23. The number of amides is 3. The molecule has 12 heteroatoms. The van der Waals surface area contributed by atoms with Crippen LogP contribution < -0.4 is 16.0 Å². The number of carbonyl (C=O) groups is 4. The lowest BCUT2D eigenvalue weighted by Gasteiger charge is -2.28. The number of rotatable bonds is 17. The van der Waals surface area contributed by atoms with Crippen LogP contribution in [0.4, 0.5) is 4.79 Å². The van der Waals surface area contributed by atoms with Crippen LogP contribution >= 0.6 is 0 Å². The van der Waals surface area contributed by atoms with Gasteiger partial charge < -0.3 is 35.5 Å². The van der Waals surface area contributed by atoms with E-state index in [4.69, 9.17) is 9.47 Å². The largest absolute Gasteiger partial charge is 0.466 e. The molecule has 0 spiro atoms. The first-order valence-electron chi connectivity index (χ1n) is 16.5. The Morgan fingerprint density at radius 1 is 0.837 bits per heavy atom. The lowest BCUT2D eigenvalue weighted by Crippen LogP contribution is -2.57. The van der Waals surface area contributed by atoms with Gasteiger partial charge in [0.1, 0.15) is 18.7 Å². The molecule has 4 atom stereocenters. The predicted molar refractivity (Wildman–Crippen MR) is 184 cm³/mol. The number of fused-ring (bicyclic) bond motifs is 1. The number of nitrogens with zero attached hydrogens (tertiary/aromatic N) is 1. The summed E-state index contributed by atoms with van der Waals surface area (Å²) in [4.78, 5) is 60.1. The fraction of sp³-hybridized carbons (Fsp3) is 0.378. The number of hydrogen-bond acceptors (Lipinski definition) is 8. The Kier molecular flexibility index (Phi) is 13.7. The van der Waals surface area contributed by atoms with Crippen LogP contribution in [-0.2, 0) is 43.3 Å². The lowest BCUT2D eigenvalue weighted by molar-refractivity contribution is -0.146. The van der Waals surface area contributed by atoms with Crippen molar-refractivity contribution in [1.29, 1.82) is 0 Å². The maximum absolute atomic E-state index is 14.1. The fourth-order valence-electron chi connectivity index (χ4n) is 5.54. The molecule has 5 N–H and O–H groups in total. The smallest absolute Gasteiger partial charge is 0.408 e. The van der Waals surface area contributed by atoms with E-state index in [0.717, 1.165) is 21.9 Å². The number of H-pyrrole nitrogens is 1. The van der Waals surface area contributed by atoms with Crippen molar-refractivity contribution in [2.45, 2.75) is 77.3 Å². The van der Waals surface area contributed by atoms with Gasteiger partial charge in [0.25, 0.3) is 0 Å². The van der Waals surface area contributed by atoms with Gasteiger partial charge in [0.2, 0.25) is 11.8 Å². The summed E-state index contributed by atoms with van der Waals surface area (Å²) in [6, 6.07) is 19.6. The van der Waals surface area contributed by atoms with Gasteiger partial charge in [-0.1, -0.05) is 86.6 Å². The molecule has 12 nitrogen and oxygen atoms in total. The quantitative estimate of drug-likeness (QED) is 0.105. The topological polar surface area (TPSA) is 172 Å². The molecule has 3 amide bonds. The third-order valence-electron chi connectivity index (χ3n) is 7.94. The monoisotopic (exact) mass is 671 g/mol. The summed E-state index contributed by atoms with van der Waals surface area (Å²) >= 11 is 0. The number of nitrogens with one attached hydrogen (secondary N) is 4. The molecule has 0 saturated carbocycles. The normalized spacial score (nSPS) is 13.6. The van der Waals surface area contributed by atoms with Gasteiger partial charge in [-0.3, -0.25) is 14.4 Å². The van der Waals surface area contributed by atoms with E-state index < -0.39 is 48.1 Å². The molecule has 0 aliphatic carbocycles. The molecule has 3 aromatic carbocycles. The van der Waals surface area contributed by atoms with Crippen molar-refractivity contribution in [3.05, 3.63) is 102 Å². The van der Waals surface area contributed by atoms with Crippen LogP contribution in [0.2, 0.25) is 0 Å². The number of benzene rings is 3. The molecule has 2 unspecified atom stereocenters. The molecule has 1 aromatic heterocycles. The van der Waals surface area contributed by atoms with Gasteiger partial charge in [0.05, 0.1) is 31.5 Å². The summed E-state index contributed by atoms with van der Waals surface area (Å²) in [7, 11) is 0. The van der Waals surface area contributed by atoms with E-state index >= 15 is 0 Å². The van der Waals surface area contributed by atoms with E-state index in [1.165, 1.54) is 6.33 Å². The zero-order valence-electron chi connectivity index (χ0n) is 28.1. The summed E-state index contributed by atoms with van der Waals surface area (Å²) < 4.78 is 10.4. The summed E-state index contributed by atoms with van der Waals surface area (Å²) in [5.41, 5.74) is 2.18. The lowest BCUT2D eigenvalue weighted by atomic mass is 9.96. The highest BCUT2D eigenvalue weighted by Crippen LogP contribution is 2.20. The maximum atomic E-state index is 14.1. The molecule has 0 saturated heterocycles. The second-order valence-corrected chi connectivity index (χ2v) is 12.3. The van der Waals surface area contributed by atoms with E-state index in [9.17, 15) is 24.3 Å². The number of imidazole rings is 1. The number of ether oxygens (including phenoxy) is 2. The average Bonchev–Trinajstić information content (AvgIpc) is 3.60. The van der Waals surface area contributed by atoms with Crippen molar-refractivity contribution >= 4 is 34.6 Å². The molecule has 0 bridgehead atoms. The van der Waals surface area contributed by atoms with E-state index in [2.05, 4.69) is 25.9 Å². The number of aliphatic hydroxyl groups excluding tert-OH is 1. The van der Waals surface area contributed by atoms with E-state index in [1.54, 1.807) is 13.1 Å². The number of carbonyl (C=O) groups excluding carboxylic acids is 4. The molecule has 4 rings (SSSR count). The molecule has 0 aliphatic heterocycles. The third-order valence-corrected chi connectivity index (χ3v) is 7.94. The minimum atomic E-state index is -1.21. The minimum Gasteiger partial charge on any atom is -0.466 e. The SMILES string of the molecule is CCOC(=O)CC(O)C(CC(C)C)NC(=O)[C@H](Cc1cnc[nH]1)NC(=O)[C@H](Cc1cccc2ccccc12)NC(=O)OCc1ccccc1. The Morgan fingerprint density at radius 2 is 1.53 bits per heavy atom. The number of aliphatic hydroxyl groups is 1. The Bertz CT molecular complexity index is 1660. The van der Waals surface area contributed by atoms with Crippen LogP contribution in [-0.4, -0.2) is 69.8 Å². The van der Waals surface area contributed by atoms with Crippen molar-refractivity contribution in [1.82, 2.24) is 25.9 Å². The molecule has 1 heterocycles. The van der Waals surface area contributed by atoms with Crippen molar-refractivity contribution in [2.24, 2.45) is 5.92 Å². The predicted octanol–water partition coefficient (Wildman–Crippen LogP) is 3.97. The summed E-state index contributed by atoms with van der Waals surface area (Å²) in [5, 5.41) is 21.2. The van der Waals surface area contributed by atoms with Crippen LogP contribution in [0.5, 0.6) is 0 Å². The zero-order chi connectivity index (χ0) is 35.2. The van der Waals surface area contributed by atoms with Gasteiger partial charge >= 0.3 is 12.1 Å². The molecule has 4 aromatic rings. The molecular weight excluding hydrogens is 626 g/mol. The Balaban J connectivity index is 1.57. The second-order valence-electron chi connectivity index (χ2n) is 12.3. The molecule has 0 aliphatic rings. The Morgan fingerprint density at radius 3 is 2.24 bits per heavy atom. The number of aromatic amines is 1. The van der Waals surface area contributed by atoms with Gasteiger partial charge in [-0.15, -0.1) is 0 Å². The fourth-order valence-corrected chi connectivity index (χ4v) is 5.54. The van der Waals surface area contributed by atoms with Gasteiger partial charge in [0, 0.05) is 24.7 Å². The van der Waals surface area contributed by atoms with Crippen LogP contribution in [0, 0.1) is 5.92 Å².